The SMILES string of the molecule is CC(C)(C)c1ccc(-c2[c-]cccc2)nc1.CC(C)c1cccc(C(C)C)c1-n1c(-c2[c-]ccc3c2oc2ccc4c(c23)C2c3ccccc3C4c3ccccc32)nc2ccccc21.[Ir]. The quantitative estimate of drug-likeness (QED) is 0.161. The average molecular weight is 1020 g/mol. The molecular weight excluding hydrogens is 971 g/mol. The van der Waals surface area contributed by atoms with E-state index < -0.39 is 0 Å². The van der Waals surface area contributed by atoms with Gasteiger partial charge in [0.15, 0.2) is 0 Å². The van der Waals surface area contributed by atoms with E-state index in [9.17, 15) is 0 Å². The molecule has 0 unspecified atom stereocenters. The molecule has 0 amide bonds. The molecule has 0 fully saturated rings. The Morgan fingerprint density at radius 3 is 1.88 bits per heavy atom. The first-order valence-corrected chi connectivity index (χ1v) is 22.7. The van der Waals surface area contributed by atoms with Gasteiger partial charge in [-0.2, -0.15) is 0 Å². The zero-order valence-electron chi connectivity index (χ0n) is 37.9. The van der Waals surface area contributed by atoms with Crippen molar-refractivity contribution in [3.63, 3.8) is 0 Å². The molecule has 5 heteroatoms. The van der Waals surface area contributed by atoms with Gasteiger partial charge in [0.2, 0.25) is 0 Å². The Labute approximate surface area is 395 Å². The molecule has 0 N–H and O–H groups in total. The van der Waals surface area contributed by atoms with Crippen molar-refractivity contribution in [2.75, 3.05) is 0 Å². The van der Waals surface area contributed by atoms with Gasteiger partial charge in [0.1, 0.15) is 5.58 Å². The Hall–Kier alpha value is -6.39. The largest absolute Gasteiger partial charge is 0.501 e. The number of fused-ring (bicyclic) bond motifs is 4. The van der Waals surface area contributed by atoms with Crippen LogP contribution in [0.2, 0.25) is 0 Å². The van der Waals surface area contributed by atoms with Crippen molar-refractivity contribution in [2.24, 2.45) is 0 Å². The van der Waals surface area contributed by atoms with Gasteiger partial charge in [-0.25, -0.2) is 0 Å². The summed E-state index contributed by atoms with van der Waals surface area (Å²) in [6, 6.07) is 61.0. The summed E-state index contributed by atoms with van der Waals surface area (Å²) in [4.78, 5) is 9.82. The molecule has 13 rings (SSSR count). The van der Waals surface area contributed by atoms with Crippen molar-refractivity contribution in [3.8, 4) is 28.3 Å². The maximum absolute atomic E-state index is 6.95. The Balaban J connectivity index is 0.000000249. The number of furan rings is 1. The predicted octanol–water partition coefficient (Wildman–Crippen LogP) is 15.5. The number of hydrogen-bond acceptors (Lipinski definition) is 3. The number of imidazole rings is 1. The fourth-order valence-electron chi connectivity index (χ4n) is 10.4. The van der Waals surface area contributed by atoms with Crippen LogP contribution in [0.5, 0.6) is 0 Å². The van der Waals surface area contributed by atoms with Gasteiger partial charge in [0, 0.05) is 49.2 Å². The molecule has 323 valence electrons. The molecule has 0 aliphatic heterocycles. The minimum absolute atomic E-state index is 0. The van der Waals surface area contributed by atoms with Gasteiger partial charge < -0.3 is 14.0 Å². The third-order valence-corrected chi connectivity index (χ3v) is 13.5. The number of aromatic nitrogens is 3. The summed E-state index contributed by atoms with van der Waals surface area (Å²) >= 11 is 0. The number of para-hydroxylation sites is 3. The summed E-state index contributed by atoms with van der Waals surface area (Å²) in [5, 5.41) is 2.34. The first-order valence-electron chi connectivity index (χ1n) is 22.7. The molecule has 3 heterocycles. The van der Waals surface area contributed by atoms with E-state index in [1.807, 2.05) is 30.5 Å². The summed E-state index contributed by atoms with van der Waals surface area (Å²) in [5.41, 5.74) is 20.4. The summed E-state index contributed by atoms with van der Waals surface area (Å²) in [7, 11) is 0. The second kappa shape index (κ2) is 16.6. The van der Waals surface area contributed by atoms with Crippen molar-refractivity contribution in [2.45, 2.75) is 77.6 Å². The normalized spacial score (nSPS) is 14.8. The van der Waals surface area contributed by atoms with Crippen molar-refractivity contribution in [1.82, 2.24) is 14.5 Å². The number of rotatable bonds is 5. The molecule has 7 aromatic carbocycles. The minimum atomic E-state index is 0. The van der Waals surface area contributed by atoms with Crippen molar-refractivity contribution < 1.29 is 24.5 Å². The Morgan fingerprint density at radius 2 is 1.26 bits per heavy atom. The van der Waals surface area contributed by atoms with Gasteiger partial charge in [-0.15, -0.1) is 54.1 Å². The van der Waals surface area contributed by atoms with Gasteiger partial charge in [0.25, 0.3) is 0 Å². The van der Waals surface area contributed by atoms with Gasteiger partial charge in [0.05, 0.1) is 22.4 Å². The van der Waals surface area contributed by atoms with Crippen LogP contribution in [-0.2, 0) is 25.5 Å². The molecule has 0 spiro atoms. The molecular formula is C60H51IrN3O-2. The molecule has 10 aromatic rings. The van der Waals surface area contributed by atoms with E-state index in [2.05, 4.69) is 198 Å². The monoisotopic (exact) mass is 1020 g/mol. The van der Waals surface area contributed by atoms with E-state index in [1.165, 1.54) is 61.1 Å². The first kappa shape index (κ1) is 42.6. The van der Waals surface area contributed by atoms with Crippen LogP contribution in [0.25, 0.3) is 61.3 Å². The molecule has 3 aliphatic rings. The fourth-order valence-corrected chi connectivity index (χ4v) is 10.4. The zero-order valence-corrected chi connectivity index (χ0v) is 40.3. The first-order chi connectivity index (χ1) is 31.1. The van der Waals surface area contributed by atoms with Crippen LogP contribution in [0.1, 0.15) is 122 Å². The molecule has 0 atom stereocenters. The molecule has 2 bridgehead atoms. The van der Waals surface area contributed by atoms with E-state index in [0.29, 0.717) is 11.8 Å². The predicted molar refractivity (Wildman–Crippen MR) is 263 cm³/mol. The maximum Gasteiger partial charge on any atom is 0.121 e. The van der Waals surface area contributed by atoms with Crippen LogP contribution in [0, 0.1) is 12.1 Å². The van der Waals surface area contributed by atoms with E-state index in [0.717, 1.165) is 50.2 Å². The van der Waals surface area contributed by atoms with Crippen LogP contribution in [0.15, 0.2) is 162 Å². The molecule has 0 saturated heterocycles. The van der Waals surface area contributed by atoms with Gasteiger partial charge in [-0.05, 0) is 91.2 Å². The second-order valence-corrected chi connectivity index (χ2v) is 19.1. The van der Waals surface area contributed by atoms with E-state index in [-0.39, 0.29) is 37.4 Å². The molecule has 1 radical (unpaired) electrons. The van der Waals surface area contributed by atoms with Crippen LogP contribution < -0.4 is 0 Å². The third-order valence-electron chi connectivity index (χ3n) is 13.5. The summed E-state index contributed by atoms with van der Waals surface area (Å²) in [5.74, 6) is 1.91. The number of nitrogens with zero attached hydrogens (tertiary/aromatic N) is 3. The fraction of sp³-hybridized carbons (Fsp3) is 0.200. The molecule has 4 nitrogen and oxygen atoms in total. The Morgan fingerprint density at radius 1 is 0.615 bits per heavy atom. The van der Waals surface area contributed by atoms with Crippen molar-refractivity contribution in [1.29, 1.82) is 0 Å². The van der Waals surface area contributed by atoms with Crippen molar-refractivity contribution in [3.05, 3.63) is 220 Å². The van der Waals surface area contributed by atoms with Crippen LogP contribution >= 0.6 is 0 Å². The van der Waals surface area contributed by atoms with Crippen LogP contribution in [0.3, 0.4) is 0 Å². The molecule has 0 saturated carbocycles. The van der Waals surface area contributed by atoms with Gasteiger partial charge >= 0.3 is 0 Å². The molecule has 3 aromatic heterocycles. The average Bonchev–Trinajstić information content (AvgIpc) is 3.90. The maximum atomic E-state index is 6.95. The number of benzene rings is 7. The van der Waals surface area contributed by atoms with Crippen LogP contribution in [0.4, 0.5) is 0 Å². The summed E-state index contributed by atoms with van der Waals surface area (Å²) < 4.78 is 9.32. The van der Waals surface area contributed by atoms with Crippen molar-refractivity contribution >= 4 is 33.0 Å². The summed E-state index contributed by atoms with van der Waals surface area (Å²) in [6.45, 7) is 15.7. The smallest absolute Gasteiger partial charge is 0.121 e. The number of pyridine rings is 1. The number of hydrogen-bond donors (Lipinski definition) is 0. The minimum Gasteiger partial charge on any atom is -0.501 e. The second-order valence-electron chi connectivity index (χ2n) is 19.1. The molecule has 65 heavy (non-hydrogen) atoms. The summed E-state index contributed by atoms with van der Waals surface area (Å²) in [6.07, 6.45) is 1.95. The Bertz CT molecular complexity index is 3310. The zero-order chi connectivity index (χ0) is 43.9. The van der Waals surface area contributed by atoms with Gasteiger partial charge in [-0.1, -0.05) is 156 Å². The van der Waals surface area contributed by atoms with Gasteiger partial charge in [-0.3, -0.25) is 4.98 Å². The topological polar surface area (TPSA) is 43.9 Å². The molecule has 3 aliphatic carbocycles. The standard InChI is InChI=1S/C45H35N2O.C15H16N.Ir/c1-25(2)27-17-11-18-28(26(3)4)43(27)47-37-22-10-9-21-36(37)46-45(47)35-20-12-19-34-41-38(48-44(34)35)24-23-33-39-29-13-5-7-15-31(29)40(42(33)41)32-16-8-6-14-30(32)39;1-15(2,3)13-9-10-14(16-11-13)12-7-5-4-6-8-12;/h5-19,21-26,39-40H,1-4H3;4-7,9-11H,1-3H3;/q2*-1;. The van der Waals surface area contributed by atoms with Crippen LogP contribution in [-0.4, -0.2) is 14.5 Å². The van der Waals surface area contributed by atoms with E-state index >= 15 is 0 Å². The van der Waals surface area contributed by atoms with E-state index in [1.54, 1.807) is 0 Å². The Kier molecular flexibility index (Phi) is 10.8. The van der Waals surface area contributed by atoms with E-state index in [4.69, 9.17) is 9.40 Å². The third kappa shape index (κ3) is 6.99.